The molecule has 0 saturated heterocycles. The van der Waals surface area contributed by atoms with Crippen molar-refractivity contribution in [1.82, 2.24) is 15.3 Å². The van der Waals surface area contributed by atoms with Gasteiger partial charge in [-0.2, -0.15) is 0 Å². The van der Waals surface area contributed by atoms with E-state index in [0.717, 1.165) is 29.3 Å². The second-order valence-corrected chi connectivity index (χ2v) is 5.20. The topological polar surface area (TPSA) is 47.0 Å². The van der Waals surface area contributed by atoms with E-state index in [1.165, 1.54) is 5.56 Å². The van der Waals surface area contributed by atoms with E-state index in [4.69, 9.17) is 4.74 Å². The van der Waals surface area contributed by atoms with E-state index >= 15 is 0 Å². The number of aryl methyl sites for hydroxylation is 1. The zero-order chi connectivity index (χ0) is 14.1. The monoisotopic (exact) mass is 269 g/mol. The largest absolute Gasteiger partial charge is 0.482 e. The highest BCUT2D eigenvalue weighted by Gasteiger charge is 2.26. The summed E-state index contributed by atoms with van der Waals surface area (Å²) in [5, 5.41) is 3.21. The molecule has 20 heavy (non-hydrogen) atoms. The molecular formula is C16H19N3O. The Bertz CT molecular complexity index is 602. The van der Waals surface area contributed by atoms with E-state index in [0.29, 0.717) is 0 Å². The molecule has 104 valence electrons. The van der Waals surface area contributed by atoms with Gasteiger partial charge in [-0.1, -0.05) is 18.2 Å². The summed E-state index contributed by atoms with van der Waals surface area (Å²) >= 11 is 0. The first-order valence-corrected chi connectivity index (χ1v) is 6.94. The fourth-order valence-corrected chi connectivity index (χ4v) is 2.56. The number of hydrogen-bond donors (Lipinski definition) is 1. The van der Waals surface area contributed by atoms with Crippen LogP contribution >= 0.6 is 0 Å². The summed E-state index contributed by atoms with van der Waals surface area (Å²) in [6.45, 7) is 4.13. The number of nitrogens with zero attached hydrogens (tertiary/aromatic N) is 2. The number of rotatable bonds is 3. The number of hydrogen-bond acceptors (Lipinski definition) is 4. The fourth-order valence-electron chi connectivity index (χ4n) is 2.56. The number of benzene rings is 1. The van der Waals surface area contributed by atoms with Crippen molar-refractivity contribution in [2.45, 2.75) is 32.4 Å². The summed E-state index contributed by atoms with van der Waals surface area (Å²) in [4.78, 5) is 9.13. The molecule has 2 heterocycles. The van der Waals surface area contributed by atoms with Crippen LogP contribution in [-0.2, 0) is 6.42 Å². The number of ether oxygens (including phenoxy) is 1. The van der Waals surface area contributed by atoms with E-state index in [2.05, 4.69) is 28.3 Å². The molecule has 1 aromatic heterocycles. The number of aromatic nitrogens is 2. The molecule has 2 aromatic rings. The van der Waals surface area contributed by atoms with Gasteiger partial charge in [-0.15, -0.1) is 0 Å². The lowest BCUT2D eigenvalue weighted by Crippen LogP contribution is -2.17. The summed E-state index contributed by atoms with van der Waals surface area (Å²) in [6, 6.07) is 8.38. The molecule has 2 atom stereocenters. The number of fused-ring (bicyclic) bond motifs is 1. The van der Waals surface area contributed by atoms with Crippen LogP contribution in [0.3, 0.4) is 0 Å². The van der Waals surface area contributed by atoms with Crippen LogP contribution in [0, 0.1) is 6.92 Å². The van der Waals surface area contributed by atoms with Crippen molar-refractivity contribution in [2.24, 2.45) is 0 Å². The Labute approximate surface area is 119 Å². The van der Waals surface area contributed by atoms with Crippen molar-refractivity contribution in [3.05, 3.63) is 53.1 Å². The molecule has 3 rings (SSSR count). The highest BCUT2D eigenvalue weighted by molar-refractivity contribution is 5.38. The Morgan fingerprint density at radius 3 is 2.85 bits per heavy atom. The van der Waals surface area contributed by atoms with Gasteiger partial charge in [-0.25, -0.2) is 9.97 Å². The van der Waals surface area contributed by atoms with Crippen LogP contribution in [0.5, 0.6) is 5.75 Å². The van der Waals surface area contributed by atoms with Crippen LogP contribution in [0.4, 0.5) is 0 Å². The lowest BCUT2D eigenvalue weighted by Gasteiger charge is -2.15. The van der Waals surface area contributed by atoms with Crippen LogP contribution in [0.15, 0.2) is 30.5 Å². The second-order valence-electron chi connectivity index (χ2n) is 5.20. The maximum Gasteiger partial charge on any atom is 0.169 e. The summed E-state index contributed by atoms with van der Waals surface area (Å²) in [5.41, 5.74) is 3.37. The van der Waals surface area contributed by atoms with Crippen molar-refractivity contribution >= 4 is 0 Å². The van der Waals surface area contributed by atoms with Gasteiger partial charge in [-0.05, 0) is 32.5 Å². The van der Waals surface area contributed by atoms with Gasteiger partial charge in [-0.3, -0.25) is 0 Å². The van der Waals surface area contributed by atoms with Crippen LogP contribution in [-0.4, -0.2) is 17.0 Å². The average Bonchev–Trinajstić information content (AvgIpc) is 2.90. The Hall–Kier alpha value is -1.94. The predicted octanol–water partition coefficient (Wildman–Crippen LogP) is 2.74. The predicted molar refractivity (Wildman–Crippen MR) is 77.8 cm³/mol. The highest BCUT2D eigenvalue weighted by Crippen LogP contribution is 2.35. The van der Waals surface area contributed by atoms with Crippen LogP contribution in [0.2, 0.25) is 0 Å². The molecule has 4 heteroatoms. The Morgan fingerprint density at radius 1 is 1.35 bits per heavy atom. The van der Waals surface area contributed by atoms with Crippen molar-refractivity contribution in [2.75, 3.05) is 7.05 Å². The first-order chi connectivity index (χ1) is 9.69. The molecule has 0 bridgehead atoms. The molecule has 1 aliphatic heterocycles. The zero-order valence-electron chi connectivity index (χ0n) is 12.1. The molecular weight excluding hydrogens is 250 g/mol. The van der Waals surface area contributed by atoms with Gasteiger partial charge in [0.1, 0.15) is 5.75 Å². The molecule has 0 aliphatic carbocycles. The third-order valence-electron chi connectivity index (χ3n) is 3.87. The zero-order valence-corrected chi connectivity index (χ0v) is 12.1. The van der Waals surface area contributed by atoms with Gasteiger partial charge in [0.15, 0.2) is 11.9 Å². The molecule has 0 radical (unpaired) electrons. The lowest BCUT2D eigenvalue weighted by atomic mass is 10.1. The van der Waals surface area contributed by atoms with Gasteiger partial charge in [0.05, 0.1) is 0 Å². The second kappa shape index (κ2) is 5.21. The van der Waals surface area contributed by atoms with Gasteiger partial charge in [0.2, 0.25) is 0 Å². The third-order valence-corrected chi connectivity index (χ3v) is 3.87. The molecule has 1 aromatic carbocycles. The smallest absolute Gasteiger partial charge is 0.169 e. The van der Waals surface area contributed by atoms with E-state index in [1.807, 2.05) is 38.4 Å². The molecule has 0 spiro atoms. The van der Waals surface area contributed by atoms with E-state index in [-0.39, 0.29) is 12.1 Å². The fraction of sp³-hybridized carbons (Fsp3) is 0.375. The van der Waals surface area contributed by atoms with Gasteiger partial charge in [0, 0.05) is 29.9 Å². The summed E-state index contributed by atoms with van der Waals surface area (Å²) < 4.78 is 5.93. The molecule has 4 nitrogen and oxygen atoms in total. The van der Waals surface area contributed by atoms with Gasteiger partial charge in [0.25, 0.3) is 0 Å². The minimum Gasteiger partial charge on any atom is -0.482 e. The third kappa shape index (κ3) is 2.27. The molecule has 0 fully saturated rings. The van der Waals surface area contributed by atoms with Crippen LogP contribution < -0.4 is 10.1 Å². The van der Waals surface area contributed by atoms with E-state index in [9.17, 15) is 0 Å². The Kier molecular flexibility index (Phi) is 3.40. The van der Waals surface area contributed by atoms with Crippen LogP contribution in [0.25, 0.3) is 0 Å². The Balaban J connectivity index is 1.85. The van der Waals surface area contributed by atoms with Gasteiger partial charge >= 0.3 is 0 Å². The first kappa shape index (κ1) is 13.1. The minimum atomic E-state index is -0.0648. The normalized spacial score (nSPS) is 18.4. The molecule has 1 N–H and O–H groups in total. The maximum absolute atomic E-state index is 5.93. The molecule has 2 unspecified atom stereocenters. The van der Waals surface area contributed by atoms with E-state index < -0.39 is 0 Å². The highest BCUT2D eigenvalue weighted by atomic mass is 16.5. The number of nitrogens with one attached hydrogen (secondary N) is 1. The SMILES string of the molecule is CNC(C)c1cnc(C2Cc3ccccc3O2)nc1C. The summed E-state index contributed by atoms with van der Waals surface area (Å²) in [5.74, 6) is 1.72. The summed E-state index contributed by atoms with van der Waals surface area (Å²) in [6.07, 6.45) is 2.69. The molecule has 0 amide bonds. The maximum atomic E-state index is 5.93. The first-order valence-electron chi connectivity index (χ1n) is 6.94. The van der Waals surface area contributed by atoms with Crippen molar-refractivity contribution < 1.29 is 4.74 Å². The molecule has 1 aliphatic rings. The summed E-state index contributed by atoms with van der Waals surface area (Å²) in [7, 11) is 1.94. The number of para-hydroxylation sites is 1. The average molecular weight is 269 g/mol. The quantitative estimate of drug-likeness (QED) is 0.930. The van der Waals surface area contributed by atoms with E-state index in [1.54, 1.807) is 0 Å². The van der Waals surface area contributed by atoms with Crippen molar-refractivity contribution in [3.63, 3.8) is 0 Å². The minimum absolute atomic E-state index is 0.0648. The van der Waals surface area contributed by atoms with Gasteiger partial charge < -0.3 is 10.1 Å². The standard InChI is InChI=1S/C16H19N3O/c1-10(17-3)13-9-18-16(19-11(13)2)15-8-12-6-4-5-7-14(12)20-15/h4-7,9-10,15,17H,8H2,1-3H3. The van der Waals surface area contributed by atoms with Crippen LogP contribution in [0.1, 0.15) is 41.7 Å². The van der Waals surface area contributed by atoms with Crippen molar-refractivity contribution in [3.8, 4) is 5.75 Å². The Morgan fingerprint density at radius 2 is 2.15 bits per heavy atom. The van der Waals surface area contributed by atoms with Crippen molar-refractivity contribution in [1.29, 1.82) is 0 Å². The molecule has 0 saturated carbocycles. The lowest BCUT2D eigenvalue weighted by molar-refractivity contribution is 0.227.